The van der Waals surface area contributed by atoms with Crippen LogP contribution in [0.2, 0.25) is 0 Å². The summed E-state index contributed by atoms with van der Waals surface area (Å²) in [6.45, 7) is 6.12. The molecule has 0 radical (unpaired) electrons. The topological polar surface area (TPSA) is 18.5 Å². The van der Waals surface area contributed by atoms with Crippen molar-refractivity contribution in [3.8, 4) is 0 Å². The van der Waals surface area contributed by atoms with Crippen LogP contribution in [0.4, 0.5) is 0 Å². The van der Waals surface area contributed by atoms with Crippen molar-refractivity contribution >= 4 is 0 Å². The van der Waals surface area contributed by atoms with Crippen LogP contribution in [0.5, 0.6) is 0 Å². The van der Waals surface area contributed by atoms with Gasteiger partial charge in [0.1, 0.15) is 0 Å². The quantitative estimate of drug-likeness (QED) is 0.671. The summed E-state index contributed by atoms with van der Waals surface area (Å²) in [5.41, 5.74) is 0. The lowest BCUT2D eigenvalue weighted by Crippen LogP contribution is -2.29. The molecule has 0 aromatic heterocycles. The van der Waals surface area contributed by atoms with Crippen LogP contribution in [-0.2, 0) is 0 Å². The van der Waals surface area contributed by atoms with Gasteiger partial charge in [-0.05, 0) is 53.0 Å². The summed E-state index contributed by atoms with van der Waals surface area (Å²) in [5, 5.41) is 3.18. The molecule has 1 aliphatic rings. The highest BCUT2D eigenvalue weighted by Gasteiger charge is 2.19. The molecule has 0 saturated carbocycles. The van der Waals surface area contributed by atoms with Gasteiger partial charge in [0.2, 0.25) is 0 Å². The van der Waals surface area contributed by atoms with E-state index in [1.54, 1.807) is 0 Å². The predicted octanol–water partition coefficient (Wildman–Crippen LogP) is 0.479. The van der Waals surface area contributed by atoms with E-state index in [0.717, 1.165) is 12.5 Å². The minimum Gasteiger partial charge on any atom is -0.318 e. The Morgan fingerprint density at radius 2 is 2.21 bits per heavy atom. The van der Waals surface area contributed by atoms with E-state index in [-0.39, 0.29) is 0 Å². The average Bonchev–Trinajstić information content (AvgIpc) is 2.58. The standard InChI is InChI=1S/C11H25N3/c1-12-6-9-13(2)7-4-11-5-8-14(3)10-11/h11-12H,4-10H2,1-3H3. The number of likely N-dealkylation sites (N-methyl/N-ethyl adjacent to an activating group) is 2. The molecule has 3 heteroatoms. The smallest absolute Gasteiger partial charge is 0.0104 e. The summed E-state index contributed by atoms with van der Waals surface area (Å²) in [7, 11) is 6.46. The molecule has 84 valence electrons. The molecular formula is C11H25N3. The molecule has 0 aliphatic carbocycles. The number of likely N-dealkylation sites (tertiary alicyclic amines) is 1. The second-order valence-electron chi connectivity index (χ2n) is 4.61. The van der Waals surface area contributed by atoms with Gasteiger partial charge < -0.3 is 15.1 Å². The first-order valence-electron chi connectivity index (χ1n) is 5.74. The first kappa shape index (κ1) is 12.0. The van der Waals surface area contributed by atoms with Gasteiger partial charge in [-0.25, -0.2) is 0 Å². The van der Waals surface area contributed by atoms with Crippen LogP contribution in [0.3, 0.4) is 0 Å². The number of rotatable bonds is 6. The number of nitrogens with zero attached hydrogens (tertiary/aromatic N) is 2. The Morgan fingerprint density at radius 1 is 1.43 bits per heavy atom. The van der Waals surface area contributed by atoms with Gasteiger partial charge in [0, 0.05) is 19.6 Å². The van der Waals surface area contributed by atoms with Gasteiger partial charge in [-0.1, -0.05) is 0 Å². The molecule has 1 heterocycles. The molecule has 0 aromatic rings. The lowest BCUT2D eigenvalue weighted by atomic mass is 10.1. The van der Waals surface area contributed by atoms with Crippen molar-refractivity contribution in [2.24, 2.45) is 5.92 Å². The maximum Gasteiger partial charge on any atom is 0.0104 e. The molecular weight excluding hydrogens is 174 g/mol. The van der Waals surface area contributed by atoms with Gasteiger partial charge in [-0.2, -0.15) is 0 Å². The highest BCUT2D eigenvalue weighted by molar-refractivity contribution is 4.73. The summed E-state index contributed by atoms with van der Waals surface area (Å²) in [5.74, 6) is 0.942. The summed E-state index contributed by atoms with van der Waals surface area (Å²) < 4.78 is 0. The Balaban J connectivity index is 2.02. The lowest BCUT2D eigenvalue weighted by Gasteiger charge is -2.18. The molecule has 0 aromatic carbocycles. The molecule has 1 saturated heterocycles. The van der Waals surface area contributed by atoms with E-state index < -0.39 is 0 Å². The fraction of sp³-hybridized carbons (Fsp3) is 1.00. The van der Waals surface area contributed by atoms with Gasteiger partial charge in [0.05, 0.1) is 0 Å². The third-order valence-corrected chi connectivity index (χ3v) is 3.15. The highest BCUT2D eigenvalue weighted by atomic mass is 15.1. The van der Waals surface area contributed by atoms with Gasteiger partial charge >= 0.3 is 0 Å². The van der Waals surface area contributed by atoms with Crippen LogP contribution >= 0.6 is 0 Å². The van der Waals surface area contributed by atoms with Crippen LogP contribution in [0.15, 0.2) is 0 Å². The summed E-state index contributed by atoms with van der Waals surface area (Å²) in [4.78, 5) is 4.87. The summed E-state index contributed by atoms with van der Waals surface area (Å²) in [6, 6.07) is 0. The van der Waals surface area contributed by atoms with Crippen molar-refractivity contribution in [1.82, 2.24) is 15.1 Å². The number of nitrogens with one attached hydrogen (secondary N) is 1. The van der Waals surface area contributed by atoms with Gasteiger partial charge in [-0.3, -0.25) is 0 Å². The molecule has 1 rings (SSSR count). The van der Waals surface area contributed by atoms with Crippen molar-refractivity contribution in [1.29, 1.82) is 0 Å². The van der Waals surface area contributed by atoms with E-state index in [1.165, 1.54) is 39.0 Å². The maximum atomic E-state index is 3.18. The van der Waals surface area contributed by atoms with Crippen molar-refractivity contribution in [3.05, 3.63) is 0 Å². The zero-order valence-corrected chi connectivity index (χ0v) is 9.92. The largest absolute Gasteiger partial charge is 0.318 e. The van der Waals surface area contributed by atoms with Crippen molar-refractivity contribution < 1.29 is 0 Å². The van der Waals surface area contributed by atoms with Crippen LogP contribution < -0.4 is 5.32 Å². The summed E-state index contributed by atoms with van der Waals surface area (Å²) in [6.07, 6.45) is 2.76. The van der Waals surface area contributed by atoms with Gasteiger partial charge in [0.15, 0.2) is 0 Å². The van der Waals surface area contributed by atoms with Crippen LogP contribution in [0.1, 0.15) is 12.8 Å². The third kappa shape index (κ3) is 4.40. The van der Waals surface area contributed by atoms with E-state index in [4.69, 9.17) is 0 Å². The molecule has 1 aliphatic heterocycles. The lowest BCUT2D eigenvalue weighted by molar-refractivity contribution is 0.298. The second kappa shape index (κ2) is 6.38. The highest BCUT2D eigenvalue weighted by Crippen LogP contribution is 2.17. The monoisotopic (exact) mass is 199 g/mol. The van der Waals surface area contributed by atoms with Gasteiger partial charge in [-0.15, -0.1) is 0 Å². The average molecular weight is 199 g/mol. The van der Waals surface area contributed by atoms with E-state index in [2.05, 4.69) is 29.2 Å². The maximum absolute atomic E-state index is 3.18. The molecule has 0 bridgehead atoms. The van der Waals surface area contributed by atoms with Crippen LogP contribution in [0, 0.1) is 5.92 Å². The fourth-order valence-electron chi connectivity index (χ4n) is 2.08. The molecule has 1 fully saturated rings. The Kier molecular flexibility index (Phi) is 5.45. The van der Waals surface area contributed by atoms with Gasteiger partial charge in [0.25, 0.3) is 0 Å². The zero-order valence-electron chi connectivity index (χ0n) is 9.92. The van der Waals surface area contributed by atoms with Crippen LogP contribution in [0.25, 0.3) is 0 Å². The van der Waals surface area contributed by atoms with Crippen molar-refractivity contribution in [2.45, 2.75) is 12.8 Å². The van der Waals surface area contributed by atoms with Crippen molar-refractivity contribution in [2.75, 3.05) is 53.9 Å². The van der Waals surface area contributed by atoms with E-state index in [0.29, 0.717) is 0 Å². The fourth-order valence-corrected chi connectivity index (χ4v) is 2.08. The molecule has 14 heavy (non-hydrogen) atoms. The molecule has 0 amide bonds. The molecule has 0 spiro atoms. The minimum atomic E-state index is 0.942. The van der Waals surface area contributed by atoms with Crippen molar-refractivity contribution in [3.63, 3.8) is 0 Å². The Hall–Kier alpha value is -0.120. The normalized spacial score (nSPS) is 23.6. The number of hydrogen-bond donors (Lipinski definition) is 1. The number of hydrogen-bond acceptors (Lipinski definition) is 3. The Bertz CT molecular complexity index is 149. The molecule has 1 N–H and O–H groups in total. The van der Waals surface area contributed by atoms with E-state index in [9.17, 15) is 0 Å². The van der Waals surface area contributed by atoms with Crippen LogP contribution in [-0.4, -0.2) is 63.7 Å². The molecule has 1 unspecified atom stereocenters. The van der Waals surface area contributed by atoms with E-state index in [1.807, 2.05) is 7.05 Å². The minimum absolute atomic E-state index is 0.942. The SMILES string of the molecule is CNCCN(C)CCC1CCN(C)C1. The first-order chi connectivity index (χ1) is 6.72. The summed E-state index contributed by atoms with van der Waals surface area (Å²) >= 11 is 0. The molecule has 1 atom stereocenters. The first-order valence-corrected chi connectivity index (χ1v) is 5.74. The predicted molar refractivity (Wildman–Crippen MR) is 61.6 cm³/mol. The second-order valence-corrected chi connectivity index (χ2v) is 4.61. The zero-order chi connectivity index (χ0) is 10.4. The molecule has 3 nitrogen and oxygen atoms in total. The van der Waals surface area contributed by atoms with E-state index >= 15 is 0 Å². The Morgan fingerprint density at radius 3 is 2.79 bits per heavy atom. The third-order valence-electron chi connectivity index (χ3n) is 3.15. The Labute approximate surface area is 88.5 Å².